The van der Waals surface area contributed by atoms with Crippen molar-refractivity contribution in [2.75, 3.05) is 17.3 Å². The molecule has 0 aromatic heterocycles. The van der Waals surface area contributed by atoms with Gasteiger partial charge >= 0.3 is 5.97 Å². The molecule has 4 nitrogen and oxygen atoms in total. The number of hydrogen-bond acceptors (Lipinski definition) is 4. The van der Waals surface area contributed by atoms with Crippen LogP contribution in [0.3, 0.4) is 0 Å². The molecule has 1 heterocycles. The maximum Gasteiger partial charge on any atom is 0.330 e. The van der Waals surface area contributed by atoms with Crippen molar-refractivity contribution in [3.05, 3.63) is 72.3 Å². The van der Waals surface area contributed by atoms with E-state index in [1.807, 2.05) is 54.6 Å². The molecule has 25 heavy (non-hydrogen) atoms. The van der Waals surface area contributed by atoms with Crippen LogP contribution >= 0.6 is 11.8 Å². The molecule has 3 rings (SSSR count). The summed E-state index contributed by atoms with van der Waals surface area (Å²) in [5.74, 6) is 0.0292. The van der Waals surface area contributed by atoms with Gasteiger partial charge in [-0.1, -0.05) is 48.5 Å². The molecule has 0 radical (unpaired) electrons. The van der Waals surface area contributed by atoms with Crippen LogP contribution in [0.5, 0.6) is 0 Å². The van der Waals surface area contributed by atoms with Crippen molar-refractivity contribution >= 4 is 29.3 Å². The highest BCUT2D eigenvalue weighted by molar-refractivity contribution is 7.99. The van der Waals surface area contributed by atoms with E-state index in [0.717, 1.165) is 21.9 Å². The van der Waals surface area contributed by atoms with Crippen LogP contribution in [-0.4, -0.2) is 24.2 Å². The fourth-order valence-corrected chi connectivity index (χ4v) is 3.97. The fourth-order valence-electron chi connectivity index (χ4n) is 2.80. The van der Waals surface area contributed by atoms with Crippen molar-refractivity contribution in [1.29, 1.82) is 0 Å². The zero-order valence-electron chi connectivity index (χ0n) is 13.9. The number of carbonyl (C=O) groups is 2. The SMILES string of the molecule is C/C=C/C(=O)OCC(=O)N1c2ccccc2SC[C@@H]1c1ccccc1. The molecule has 0 saturated carbocycles. The zero-order valence-corrected chi connectivity index (χ0v) is 14.7. The van der Waals surface area contributed by atoms with Gasteiger partial charge in [-0.15, -0.1) is 11.8 Å². The van der Waals surface area contributed by atoms with Gasteiger partial charge in [-0.2, -0.15) is 0 Å². The summed E-state index contributed by atoms with van der Waals surface area (Å²) in [7, 11) is 0. The molecule has 5 heteroatoms. The van der Waals surface area contributed by atoms with E-state index in [1.165, 1.54) is 6.08 Å². The molecule has 0 spiro atoms. The zero-order chi connectivity index (χ0) is 17.6. The smallest absolute Gasteiger partial charge is 0.330 e. The van der Waals surface area contributed by atoms with Gasteiger partial charge in [-0.25, -0.2) is 4.79 Å². The van der Waals surface area contributed by atoms with Crippen LogP contribution in [-0.2, 0) is 14.3 Å². The first-order chi connectivity index (χ1) is 12.2. The van der Waals surface area contributed by atoms with E-state index in [0.29, 0.717) is 0 Å². The highest BCUT2D eigenvalue weighted by atomic mass is 32.2. The number of hydrogen-bond donors (Lipinski definition) is 0. The number of thioether (sulfide) groups is 1. The molecular weight excluding hydrogens is 334 g/mol. The third kappa shape index (κ3) is 3.94. The Hall–Kier alpha value is -2.53. The lowest BCUT2D eigenvalue weighted by Crippen LogP contribution is -2.41. The number of esters is 1. The second-order valence-corrected chi connectivity index (χ2v) is 6.64. The monoisotopic (exact) mass is 353 g/mol. The van der Waals surface area contributed by atoms with E-state index < -0.39 is 5.97 Å². The van der Waals surface area contributed by atoms with Crippen molar-refractivity contribution < 1.29 is 14.3 Å². The Balaban J connectivity index is 1.89. The lowest BCUT2D eigenvalue weighted by atomic mass is 10.1. The number of rotatable bonds is 4. The first kappa shape index (κ1) is 17.3. The van der Waals surface area contributed by atoms with Gasteiger partial charge in [0.2, 0.25) is 0 Å². The van der Waals surface area contributed by atoms with E-state index >= 15 is 0 Å². The van der Waals surface area contributed by atoms with Crippen LogP contribution in [0.15, 0.2) is 71.6 Å². The molecule has 2 aromatic rings. The number of benzene rings is 2. The number of fused-ring (bicyclic) bond motifs is 1. The Labute approximate surface area is 151 Å². The minimum atomic E-state index is -0.508. The van der Waals surface area contributed by atoms with Crippen LogP contribution in [0.25, 0.3) is 0 Å². The maximum absolute atomic E-state index is 12.9. The second-order valence-electron chi connectivity index (χ2n) is 5.58. The van der Waals surface area contributed by atoms with Gasteiger partial charge in [-0.3, -0.25) is 9.69 Å². The molecule has 0 N–H and O–H groups in total. The number of allylic oxidation sites excluding steroid dienone is 1. The molecule has 0 bridgehead atoms. The Kier molecular flexibility index (Phi) is 5.56. The summed E-state index contributed by atoms with van der Waals surface area (Å²) in [6.45, 7) is 1.46. The minimum Gasteiger partial charge on any atom is -0.452 e. The summed E-state index contributed by atoms with van der Waals surface area (Å²) in [6, 6.07) is 17.7. The molecule has 1 aliphatic rings. The van der Waals surface area contributed by atoms with E-state index in [2.05, 4.69) is 0 Å². The van der Waals surface area contributed by atoms with Crippen LogP contribution < -0.4 is 4.90 Å². The first-order valence-corrected chi connectivity index (χ1v) is 9.07. The third-order valence-corrected chi connectivity index (χ3v) is 5.07. The number of carbonyl (C=O) groups excluding carboxylic acids is 2. The molecule has 0 fully saturated rings. The highest BCUT2D eigenvalue weighted by Gasteiger charge is 2.32. The average molecular weight is 353 g/mol. The van der Waals surface area contributed by atoms with Gasteiger partial charge in [0.15, 0.2) is 6.61 Å². The van der Waals surface area contributed by atoms with Gasteiger partial charge in [-0.05, 0) is 24.6 Å². The lowest BCUT2D eigenvalue weighted by Gasteiger charge is -2.37. The quantitative estimate of drug-likeness (QED) is 0.616. The van der Waals surface area contributed by atoms with E-state index in [-0.39, 0.29) is 18.6 Å². The van der Waals surface area contributed by atoms with E-state index in [1.54, 1.807) is 29.7 Å². The summed E-state index contributed by atoms with van der Waals surface area (Å²) in [5.41, 5.74) is 1.93. The van der Waals surface area contributed by atoms with Gasteiger partial charge < -0.3 is 4.74 Å². The number of amides is 1. The number of para-hydroxylation sites is 1. The Morgan fingerprint density at radius 3 is 2.64 bits per heavy atom. The molecule has 0 unspecified atom stereocenters. The third-order valence-electron chi connectivity index (χ3n) is 3.93. The Morgan fingerprint density at radius 1 is 1.16 bits per heavy atom. The molecule has 1 amide bonds. The van der Waals surface area contributed by atoms with Crippen LogP contribution in [0.2, 0.25) is 0 Å². The van der Waals surface area contributed by atoms with Gasteiger partial charge in [0.05, 0.1) is 11.7 Å². The number of anilines is 1. The standard InChI is InChI=1S/C20H19NO3S/c1-2-8-20(23)24-13-19(22)21-16-11-6-7-12-18(16)25-14-17(21)15-9-4-3-5-10-15/h2-12,17H,13-14H2,1H3/b8-2+/t17-/m1/s1. The normalized spacial score (nSPS) is 16.5. The summed E-state index contributed by atoms with van der Waals surface area (Å²) >= 11 is 1.73. The van der Waals surface area contributed by atoms with Crippen molar-refractivity contribution in [3.63, 3.8) is 0 Å². The van der Waals surface area contributed by atoms with Gasteiger partial charge in [0, 0.05) is 16.7 Å². The van der Waals surface area contributed by atoms with Crippen molar-refractivity contribution in [1.82, 2.24) is 0 Å². The summed E-state index contributed by atoms with van der Waals surface area (Å²) in [5, 5.41) is 0. The maximum atomic E-state index is 12.9. The molecule has 1 atom stereocenters. The highest BCUT2D eigenvalue weighted by Crippen LogP contribution is 2.43. The van der Waals surface area contributed by atoms with Crippen molar-refractivity contribution in [3.8, 4) is 0 Å². The molecule has 2 aromatic carbocycles. The van der Waals surface area contributed by atoms with Gasteiger partial charge in [0.1, 0.15) is 0 Å². The van der Waals surface area contributed by atoms with Crippen molar-refractivity contribution in [2.45, 2.75) is 17.9 Å². The van der Waals surface area contributed by atoms with Crippen LogP contribution in [0, 0.1) is 0 Å². The summed E-state index contributed by atoms with van der Waals surface area (Å²) in [6.07, 6.45) is 2.90. The van der Waals surface area contributed by atoms with E-state index in [4.69, 9.17) is 4.74 Å². The molecule has 128 valence electrons. The minimum absolute atomic E-state index is 0.0889. The Morgan fingerprint density at radius 2 is 1.88 bits per heavy atom. The topological polar surface area (TPSA) is 46.6 Å². The number of nitrogens with zero attached hydrogens (tertiary/aromatic N) is 1. The predicted octanol–water partition coefficient (Wildman–Crippen LogP) is 3.99. The molecule has 0 aliphatic carbocycles. The summed E-state index contributed by atoms with van der Waals surface area (Å²) in [4.78, 5) is 27.2. The summed E-state index contributed by atoms with van der Waals surface area (Å²) < 4.78 is 5.07. The first-order valence-electron chi connectivity index (χ1n) is 8.09. The Bertz CT molecular complexity index is 789. The average Bonchev–Trinajstić information content (AvgIpc) is 2.66. The van der Waals surface area contributed by atoms with Gasteiger partial charge in [0.25, 0.3) is 5.91 Å². The molecular formula is C20H19NO3S. The molecule has 0 saturated heterocycles. The lowest BCUT2D eigenvalue weighted by molar-refractivity contribution is -0.143. The van der Waals surface area contributed by atoms with Crippen molar-refractivity contribution in [2.24, 2.45) is 0 Å². The van der Waals surface area contributed by atoms with E-state index in [9.17, 15) is 9.59 Å². The predicted molar refractivity (Wildman–Crippen MR) is 99.6 cm³/mol. The van der Waals surface area contributed by atoms with Crippen LogP contribution in [0.4, 0.5) is 5.69 Å². The number of ether oxygens (including phenoxy) is 1. The fraction of sp³-hybridized carbons (Fsp3) is 0.200. The molecule has 1 aliphatic heterocycles. The second kappa shape index (κ2) is 8.03. The van der Waals surface area contributed by atoms with Crippen LogP contribution in [0.1, 0.15) is 18.5 Å². The largest absolute Gasteiger partial charge is 0.452 e.